The summed E-state index contributed by atoms with van der Waals surface area (Å²) in [4.78, 5) is 1.24. The molecular formula is C16H25ClF3N3O2S. The average molecular weight is 416 g/mol. The highest BCUT2D eigenvalue weighted by atomic mass is 35.5. The molecule has 1 aliphatic rings. The van der Waals surface area contributed by atoms with Crippen LogP contribution in [0.5, 0.6) is 0 Å². The fourth-order valence-electron chi connectivity index (χ4n) is 2.75. The van der Waals surface area contributed by atoms with Crippen LogP contribution < -0.4 is 10.0 Å². The highest BCUT2D eigenvalue weighted by Crippen LogP contribution is 2.25. The summed E-state index contributed by atoms with van der Waals surface area (Å²) in [5.74, 6) is 0.243. The number of halogens is 4. The Labute approximate surface area is 158 Å². The van der Waals surface area contributed by atoms with E-state index in [0.29, 0.717) is 13.1 Å². The van der Waals surface area contributed by atoms with Crippen molar-refractivity contribution in [3.05, 3.63) is 29.8 Å². The zero-order chi connectivity index (χ0) is 18.7. The third-order valence-electron chi connectivity index (χ3n) is 4.29. The highest BCUT2D eigenvalue weighted by Gasteiger charge is 2.44. The minimum Gasteiger partial charge on any atom is -0.314 e. The van der Waals surface area contributed by atoms with Crippen LogP contribution in [0, 0.1) is 0 Å². The molecule has 1 aromatic carbocycles. The molecule has 1 unspecified atom stereocenters. The van der Waals surface area contributed by atoms with Gasteiger partial charge in [-0.25, -0.2) is 13.1 Å². The third-order valence-corrected chi connectivity index (χ3v) is 5.73. The number of rotatable bonds is 6. The molecule has 0 aromatic heterocycles. The lowest BCUT2D eigenvalue weighted by atomic mass is 10.0. The fourth-order valence-corrected chi connectivity index (χ4v) is 3.79. The summed E-state index contributed by atoms with van der Waals surface area (Å²) in [7, 11) is -3.99. The molecule has 1 atom stereocenters. The van der Waals surface area contributed by atoms with Crippen LogP contribution in [-0.4, -0.2) is 58.3 Å². The van der Waals surface area contributed by atoms with Gasteiger partial charge in [0.1, 0.15) is 6.04 Å². The average Bonchev–Trinajstić information content (AvgIpc) is 2.54. The number of piperazine rings is 1. The summed E-state index contributed by atoms with van der Waals surface area (Å²) in [5, 5.41) is 2.99. The Balaban J connectivity index is 0.00000338. The van der Waals surface area contributed by atoms with Crippen LogP contribution in [-0.2, 0) is 10.0 Å². The van der Waals surface area contributed by atoms with E-state index in [2.05, 4.69) is 10.0 Å². The van der Waals surface area contributed by atoms with Crippen LogP contribution in [0.4, 0.5) is 13.2 Å². The molecule has 0 amide bonds. The zero-order valence-corrected chi connectivity index (χ0v) is 16.3. The number of nitrogens with one attached hydrogen (secondary N) is 2. The van der Waals surface area contributed by atoms with Crippen LogP contribution in [0.15, 0.2) is 29.2 Å². The van der Waals surface area contributed by atoms with E-state index in [1.165, 1.54) is 17.0 Å². The van der Waals surface area contributed by atoms with E-state index in [0.717, 1.165) is 5.56 Å². The maximum Gasteiger partial charge on any atom is 0.405 e. The molecule has 2 rings (SSSR count). The summed E-state index contributed by atoms with van der Waals surface area (Å²) in [6, 6.07) is 4.36. The Hall–Kier alpha value is -0.870. The zero-order valence-electron chi connectivity index (χ0n) is 14.7. The summed E-state index contributed by atoms with van der Waals surface area (Å²) >= 11 is 0. The predicted octanol–water partition coefficient (Wildman–Crippen LogP) is 2.35. The third kappa shape index (κ3) is 6.09. The van der Waals surface area contributed by atoms with Gasteiger partial charge in [0.05, 0.1) is 4.90 Å². The van der Waals surface area contributed by atoms with Crippen molar-refractivity contribution in [3.8, 4) is 0 Å². The van der Waals surface area contributed by atoms with Crippen molar-refractivity contribution in [2.24, 2.45) is 0 Å². The first-order chi connectivity index (χ1) is 11.6. The lowest BCUT2D eigenvalue weighted by Gasteiger charge is -2.35. The van der Waals surface area contributed by atoms with Crippen LogP contribution in [0.2, 0.25) is 0 Å². The summed E-state index contributed by atoms with van der Waals surface area (Å²) in [6.07, 6.45) is -4.50. The first-order valence-electron chi connectivity index (χ1n) is 8.22. The van der Waals surface area contributed by atoms with Crippen LogP contribution in [0.25, 0.3) is 0 Å². The number of alkyl halides is 3. The van der Waals surface area contributed by atoms with Crippen molar-refractivity contribution < 1.29 is 21.6 Å². The molecule has 0 bridgehead atoms. The molecule has 1 heterocycles. The number of hydrogen-bond donors (Lipinski definition) is 2. The van der Waals surface area contributed by atoms with Crippen LogP contribution in [0.3, 0.4) is 0 Å². The lowest BCUT2D eigenvalue weighted by Crippen LogP contribution is -2.57. The monoisotopic (exact) mass is 415 g/mol. The van der Waals surface area contributed by atoms with E-state index in [4.69, 9.17) is 0 Å². The normalized spacial score (nSPS) is 17.8. The van der Waals surface area contributed by atoms with Gasteiger partial charge in [-0.15, -0.1) is 12.4 Å². The van der Waals surface area contributed by atoms with Gasteiger partial charge in [-0.2, -0.15) is 13.2 Å². The molecule has 0 radical (unpaired) electrons. The fraction of sp³-hybridized carbons (Fsp3) is 0.625. The molecule has 1 aliphatic heterocycles. The van der Waals surface area contributed by atoms with E-state index < -0.39 is 28.8 Å². The van der Waals surface area contributed by atoms with E-state index in [-0.39, 0.29) is 36.3 Å². The molecule has 0 spiro atoms. The molecule has 1 fully saturated rings. The summed E-state index contributed by atoms with van der Waals surface area (Å²) < 4.78 is 66.7. The van der Waals surface area contributed by atoms with Crippen LogP contribution in [0.1, 0.15) is 25.3 Å². The summed E-state index contributed by atoms with van der Waals surface area (Å²) in [5.41, 5.74) is 0.966. The number of nitrogens with zero attached hydrogens (tertiary/aromatic N) is 1. The van der Waals surface area contributed by atoms with Gasteiger partial charge in [0.15, 0.2) is 0 Å². The van der Waals surface area contributed by atoms with Crippen molar-refractivity contribution in [1.82, 2.24) is 14.9 Å². The Bertz CT molecular complexity index is 660. The maximum absolute atomic E-state index is 13.3. The molecule has 2 N–H and O–H groups in total. The second kappa shape index (κ2) is 9.36. The van der Waals surface area contributed by atoms with Crippen molar-refractivity contribution in [2.75, 3.05) is 32.7 Å². The number of hydrogen-bond acceptors (Lipinski definition) is 4. The molecule has 1 aromatic rings. The minimum absolute atomic E-state index is 0. The van der Waals surface area contributed by atoms with Gasteiger partial charge in [0.2, 0.25) is 10.0 Å². The Morgan fingerprint density at radius 2 is 1.69 bits per heavy atom. The number of benzene rings is 1. The second-order valence-corrected chi connectivity index (χ2v) is 8.19. The van der Waals surface area contributed by atoms with Crippen molar-refractivity contribution >= 4 is 22.4 Å². The van der Waals surface area contributed by atoms with Gasteiger partial charge >= 0.3 is 6.18 Å². The molecule has 10 heteroatoms. The largest absolute Gasteiger partial charge is 0.405 e. The lowest BCUT2D eigenvalue weighted by molar-refractivity contribution is -0.182. The minimum atomic E-state index is -4.50. The molecular weight excluding hydrogens is 391 g/mol. The first kappa shape index (κ1) is 23.2. The van der Waals surface area contributed by atoms with Crippen molar-refractivity contribution in [3.63, 3.8) is 0 Å². The van der Waals surface area contributed by atoms with Crippen molar-refractivity contribution in [2.45, 2.75) is 36.9 Å². The molecule has 0 aliphatic carbocycles. The highest BCUT2D eigenvalue weighted by molar-refractivity contribution is 7.89. The van der Waals surface area contributed by atoms with Gasteiger partial charge in [0.25, 0.3) is 0 Å². The van der Waals surface area contributed by atoms with E-state index in [9.17, 15) is 21.6 Å². The standard InChI is InChI=1S/C16H24F3N3O2S.ClH/c1-12(2)13-3-5-14(6-4-13)25(23,24)21-11-15(16(17,18)19)22-9-7-20-8-10-22;/h3-6,12,15,20-21H,7-11H2,1-2H3;1H. The van der Waals surface area contributed by atoms with Gasteiger partial charge in [0, 0.05) is 32.7 Å². The Morgan fingerprint density at radius 1 is 1.15 bits per heavy atom. The SMILES string of the molecule is CC(C)c1ccc(S(=O)(=O)NCC(N2CCNCC2)C(F)(F)F)cc1.Cl. The predicted molar refractivity (Wildman–Crippen MR) is 97.3 cm³/mol. The molecule has 1 saturated heterocycles. The second-order valence-electron chi connectivity index (χ2n) is 6.42. The van der Waals surface area contributed by atoms with Gasteiger partial charge in [-0.05, 0) is 23.6 Å². The Kier molecular flexibility index (Phi) is 8.34. The summed E-state index contributed by atoms with van der Waals surface area (Å²) in [6.45, 7) is 4.63. The van der Waals surface area contributed by atoms with Gasteiger partial charge < -0.3 is 5.32 Å². The van der Waals surface area contributed by atoms with E-state index >= 15 is 0 Å². The van der Waals surface area contributed by atoms with Crippen molar-refractivity contribution in [1.29, 1.82) is 0 Å². The van der Waals surface area contributed by atoms with Crippen LogP contribution >= 0.6 is 12.4 Å². The molecule has 0 saturated carbocycles. The molecule has 150 valence electrons. The van der Waals surface area contributed by atoms with Gasteiger partial charge in [-0.1, -0.05) is 26.0 Å². The Morgan fingerprint density at radius 3 is 2.15 bits per heavy atom. The molecule has 5 nitrogen and oxygen atoms in total. The smallest absolute Gasteiger partial charge is 0.314 e. The topological polar surface area (TPSA) is 61.4 Å². The quantitative estimate of drug-likeness (QED) is 0.748. The number of sulfonamides is 1. The van der Waals surface area contributed by atoms with Gasteiger partial charge in [-0.3, -0.25) is 4.90 Å². The van der Waals surface area contributed by atoms with E-state index in [1.54, 1.807) is 12.1 Å². The molecule has 26 heavy (non-hydrogen) atoms. The first-order valence-corrected chi connectivity index (χ1v) is 9.70. The van der Waals surface area contributed by atoms with E-state index in [1.807, 2.05) is 13.8 Å². The maximum atomic E-state index is 13.3.